The lowest BCUT2D eigenvalue weighted by molar-refractivity contribution is -0.00212. The molecule has 1 N–H and O–H groups in total. The zero-order chi connectivity index (χ0) is 10.8. The molecule has 1 aliphatic rings. The maximum atomic E-state index is 13.1. The number of aliphatic hydroxyl groups is 1. The van der Waals surface area contributed by atoms with Crippen LogP contribution in [0.4, 0.5) is 8.78 Å². The number of rotatable bonds is 3. The molecule has 2 rings (SSSR count). The van der Waals surface area contributed by atoms with Gasteiger partial charge in [-0.15, -0.1) is 0 Å². The van der Waals surface area contributed by atoms with Crippen molar-refractivity contribution in [2.24, 2.45) is 5.92 Å². The van der Waals surface area contributed by atoms with Crippen molar-refractivity contribution in [2.75, 3.05) is 6.61 Å². The van der Waals surface area contributed by atoms with E-state index in [1.807, 2.05) is 0 Å². The van der Waals surface area contributed by atoms with Crippen molar-refractivity contribution in [2.45, 2.75) is 18.9 Å². The number of aliphatic hydroxyl groups excluding tert-OH is 1. The van der Waals surface area contributed by atoms with Gasteiger partial charge in [-0.05, 0) is 25.0 Å². The van der Waals surface area contributed by atoms with Crippen molar-refractivity contribution in [1.82, 2.24) is 0 Å². The normalized spacial score (nSPS) is 24.7. The molecule has 0 saturated heterocycles. The first-order chi connectivity index (χ1) is 7.18. The summed E-state index contributed by atoms with van der Waals surface area (Å²) >= 11 is 0. The van der Waals surface area contributed by atoms with Crippen molar-refractivity contribution in [3.63, 3.8) is 0 Å². The summed E-state index contributed by atoms with van der Waals surface area (Å²) in [7, 11) is 0. The topological polar surface area (TPSA) is 29.5 Å². The SMILES string of the molecule is OC1CCC1COc1cccc(F)c1F. The average Bonchev–Trinajstić information content (AvgIpc) is 2.22. The van der Waals surface area contributed by atoms with Crippen molar-refractivity contribution in [3.05, 3.63) is 29.8 Å². The highest BCUT2D eigenvalue weighted by atomic mass is 19.2. The Labute approximate surface area is 86.5 Å². The Balaban J connectivity index is 1.96. The molecule has 2 unspecified atom stereocenters. The highest BCUT2D eigenvalue weighted by Crippen LogP contribution is 2.28. The predicted octanol–water partition coefficient (Wildman–Crippen LogP) is 2.11. The van der Waals surface area contributed by atoms with Gasteiger partial charge in [0, 0.05) is 5.92 Å². The Kier molecular flexibility index (Phi) is 2.86. The summed E-state index contributed by atoms with van der Waals surface area (Å²) in [5, 5.41) is 9.26. The number of benzene rings is 1. The standard InChI is InChI=1S/C11H12F2O2/c12-8-2-1-3-10(11(8)13)15-6-7-4-5-9(7)14/h1-3,7,9,14H,4-6H2. The van der Waals surface area contributed by atoms with Crippen molar-refractivity contribution in [1.29, 1.82) is 0 Å². The van der Waals surface area contributed by atoms with E-state index in [9.17, 15) is 13.9 Å². The lowest BCUT2D eigenvalue weighted by Crippen LogP contribution is -2.35. The summed E-state index contributed by atoms with van der Waals surface area (Å²) in [6.45, 7) is 0.238. The highest BCUT2D eigenvalue weighted by Gasteiger charge is 2.29. The van der Waals surface area contributed by atoms with Gasteiger partial charge in [-0.1, -0.05) is 6.07 Å². The molecule has 0 aromatic heterocycles. The molecule has 0 radical (unpaired) electrons. The van der Waals surface area contributed by atoms with Crippen molar-refractivity contribution < 1.29 is 18.6 Å². The zero-order valence-corrected chi connectivity index (χ0v) is 8.12. The maximum absolute atomic E-state index is 13.1. The van der Waals surface area contributed by atoms with Gasteiger partial charge < -0.3 is 9.84 Å². The van der Waals surface area contributed by atoms with E-state index < -0.39 is 11.6 Å². The fourth-order valence-corrected chi connectivity index (χ4v) is 1.54. The van der Waals surface area contributed by atoms with Crippen LogP contribution in [0.15, 0.2) is 18.2 Å². The molecule has 1 aromatic carbocycles. The maximum Gasteiger partial charge on any atom is 0.200 e. The van der Waals surface area contributed by atoms with Crippen LogP contribution in [0, 0.1) is 17.6 Å². The molecule has 1 aliphatic carbocycles. The lowest BCUT2D eigenvalue weighted by atomic mass is 9.83. The molecule has 82 valence electrons. The Bertz CT molecular complexity index is 354. The monoisotopic (exact) mass is 214 g/mol. The average molecular weight is 214 g/mol. The second-order valence-corrected chi connectivity index (χ2v) is 3.77. The molecular weight excluding hydrogens is 202 g/mol. The molecular formula is C11H12F2O2. The molecule has 1 aromatic rings. The number of ether oxygens (including phenoxy) is 1. The molecule has 2 atom stereocenters. The van der Waals surface area contributed by atoms with E-state index >= 15 is 0 Å². The van der Waals surface area contributed by atoms with Gasteiger partial charge in [0.2, 0.25) is 5.82 Å². The zero-order valence-electron chi connectivity index (χ0n) is 8.12. The van der Waals surface area contributed by atoms with Crippen LogP contribution in [0.5, 0.6) is 5.75 Å². The van der Waals surface area contributed by atoms with Crippen LogP contribution in [0.2, 0.25) is 0 Å². The van der Waals surface area contributed by atoms with Gasteiger partial charge in [0.15, 0.2) is 11.6 Å². The molecule has 0 bridgehead atoms. The third-order valence-corrected chi connectivity index (χ3v) is 2.75. The molecule has 1 saturated carbocycles. The summed E-state index contributed by atoms with van der Waals surface area (Å²) in [5.74, 6) is -1.92. The smallest absolute Gasteiger partial charge is 0.200 e. The van der Waals surface area contributed by atoms with E-state index in [4.69, 9.17) is 4.74 Å². The van der Waals surface area contributed by atoms with Gasteiger partial charge in [-0.2, -0.15) is 4.39 Å². The predicted molar refractivity (Wildman–Crippen MR) is 50.6 cm³/mol. The first-order valence-electron chi connectivity index (χ1n) is 4.93. The quantitative estimate of drug-likeness (QED) is 0.835. The van der Waals surface area contributed by atoms with Gasteiger partial charge in [0.1, 0.15) is 0 Å². The molecule has 4 heteroatoms. The van der Waals surface area contributed by atoms with Crippen molar-refractivity contribution >= 4 is 0 Å². The second-order valence-electron chi connectivity index (χ2n) is 3.77. The molecule has 0 spiro atoms. The van der Waals surface area contributed by atoms with E-state index in [0.717, 1.165) is 18.9 Å². The minimum Gasteiger partial charge on any atom is -0.490 e. The van der Waals surface area contributed by atoms with Crippen LogP contribution in [0.1, 0.15) is 12.8 Å². The van der Waals surface area contributed by atoms with Gasteiger partial charge in [0.05, 0.1) is 12.7 Å². The van der Waals surface area contributed by atoms with Crippen LogP contribution in [0.3, 0.4) is 0 Å². The van der Waals surface area contributed by atoms with Gasteiger partial charge >= 0.3 is 0 Å². The molecule has 2 nitrogen and oxygen atoms in total. The van der Waals surface area contributed by atoms with Gasteiger partial charge in [0.25, 0.3) is 0 Å². The fourth-order valence-electron chi connectivity index (χ4n) is 1.54. The third kappa shape index (κ3) is 2.09. The van der Waals surface area contributed by atoms with Crippen LogP contribution in [0.25, 0.3) is 0 Å². The van der Waals surface area contributed by atoms with E-state index in [2.05, 4.69) is 0 Å². The summed E-state index contributed by atoms with van der Waals surface area (Å²) in [4.78, 5) is 0. The molecule has 15 heavy (non-hydrogen) atoms. The van der Waals surface area contributed by atoms with E-state index in [0.29, 0.717) is 0 Å². The van der Waals surface area contributed by atoms with Crippen LogP contribution < -0.4 is 4.74 Å². The summed E-state index contributed by atoms with van der Waals surface area (Å²) in [5.41, 5.74) is 0. The Morgan fingerprint density at radius 2 is 2.13 bits per heavy atom. The van der Waals surface area contributed by atoms with E-state index in [1.54, 1.807) is 0 Å². The summed E-state index contributed by atoms with van der Waals surface area (Å²) < 4.78 is 31.0. The third-order valence-electron chi connectivity index (χ3n) is 2.75. The van der Waals surface area contributed by atoms with Crippen LogP contribution >= 0.6 is 0 Å². The Morgan fingerprint density at radius 1 is 1.33 bits per heavy atom. The van der Waals surface area contributed by atoms with E-state index in [1.165, 1.54) is 12.1 Å². The molecule has 0 aliphatic heterocycles. The summed E-state index contributed by atoms with van der Waals surface area (Å²) in [6, 6.07) is 3.81. The lowest BCUT2D eigenvalue weighted by Gasteiger charge is -2.31. The number of hydrogen-bond donors (Lipinski definition) is 1. The first kappa shape index (κ1) is 10.4. The van der Waals surface area contributed by atoms with Crippen LogP contribution in [-0.2, 0) is 0 Å². The first-order valence-corrected chi connectivity index (χ1v) is 4.93. The minimum atomic E-state index is -0.966. The molecule has 0 amide bonds. The van der Waals surface area contributed by atoms with Gasteiger partial charge in [-0.3, -0.25) is 0 Å². The minimum absolute atomic E-state index is 0.0488. The Hall–Kier alpha value is -1.16. The van der Waals surface area contributed by atoms with Crippen LogP contribution in [-0.4, -0.2) is 17.8 Å². The molecule has 0 heterocycles. The fraction of sp³-hybridized carbons (Fsp3) is 0.455. The largest absolute Gasteiger partial charge is 0.490 e. The van der Waals surface area contributed by atoms with E-state index in [-0.39, 0.29) is 24.4 Å². The van der Waals surface area contributed by atoms with Gasteiger partial charge in [-0.25, -0.2) is 4.39 Å². The summed E-state index contributed by atoms with van der Waals surface area (Å²) in [6.07, 6.45) is 1.28. The Morgan fingerprint density at radius 3 is 2.73 bits per heavy atom. The second kappa shape index (κ2) is 4.14. The number of hydrogen-bond acceptors (Lipinski definition) is 2. The number of halogens is 2. The van der Waals surface area contributed by atoms with Crippen molar-refractivity contribution in [3.8, 4) is 5.75 Å². The molecule has 1 fully saturated rings. The highest BCUT2D eigenvalue weighted by molar-refractivity contribution is 5.25.